The molecule has 0 radical (unpaired) electrons. The number of carbonyl (C=O) groups is 2. The van der Waals surface area contributed by atoms with Crippen molar-refractivity contribution in [3.05, 3.63) is 76.5 Å². The van der Waals surface area contributed by atoms with Crippen LogP contribution in [0.1, 0.15) is 48.3 Å². The fourth-order valence-corrected chi connectivity index (χ4v) is 4.12. The van der Waals surface area contributed by atoms with Gasteiger partial charge >= 0.3 is 0 Å². The van der Waals surface area contributed by atoms with Crippen molar-refractivity contribution in [2.24, 2.45) is 0 Å². The average Bonchev–Trinajstić information content (AvgIpc) is 2.68. The largest absolute Gasteiger partial charge is 0.294 e. The molecule has 1 aliphatic heterocycles. The van der Waals surface area contributed by atoms with Crippen LogP contribution in [0.5, 0.6) is 0 Å². The minimum absolute atomic E-state index is 0.0586. The molecule has 1 amide bonds. The first kappa shape index (κ1) is 17.2. The van der Waals surface area contributed by atoms with Gasteiger partial charge in [-0.3, -0.25) is 14.5 Å². The van der Waals surface area contributed by atoms with Gasteiger partial charge in [-0.15, -0.1) is 0 Å². The summed E-state index contributed by atoms with van der Waals surface area (Å²) in [6.07, 6.45) is 2.17. The first-order valence-electron chi connectivity index (χ1n) is 9.25. The lowest BCUT2D eigenvalue weighted by Crippen LogP contribution is -2.40. The van der Waals surface area contributed by atoms with Crippen LogP contribution < -0.4 is 4.90 Å². The summed E-state index contributed by atoms with van der Waals surface area (Å²) >= 11 is 0. The standard InChI is InChI=1S/C23H20N2O2/c1-15-9-11-16(12-10-15)18-13-22(27)25(19-6-3-2-5-17(19)14-24)20-7-4-8-21(26)23(18)20/h2-3,5-6,9-12,18H,4,7-8,13H2,1H3. The molecule has 0 fully saturated rings. The van der Waals surface area contributed by atoms with Gasteiger partial charge in [0.25, 0.3) is 0 Å². The van der Waals surface area contributed by atoms with Crippen LogP contribution in [0, 0.1) is 18.3 Å². The van der Waals surface area contributed by atoms with Crippen LogP contribution in [-0.4, -0.2) is 11.7 Å². The fraction of sp³-hybridized carbons (Fsp3) is 0.261. The third kappa shape index (κ3) is 2.96. The van der Waals surface area contributed by atoms with Crippen molar-refractivity contribution in [3.8, 4) is 6.07 Å². The minimum atomic E-state index is -0.202. The Morgan fingerprint density at radius 3 is 2.52 bits per heavy atom. The number of benzene rings is 2. The van der Waals surface area contributed by atoms with E-state index in [1.54, 1.807) is 23.1 Å². The van der Waals surface area contributed by atoms with Crippen molar-refractivity contribution in [3.63, 3.8) is 0 Å². The number of hydrogen-bond acceptors (Lipinski definition) is 3. The molecule has 0 saturated heterocycles. The minimum Gasteiger partial charge on any atom is -0.294 e. The Bertz CT molecular complexity index is 996. The molecule has 0 bridgehead atoms. The van der Waals surface area contributed by atoms with E-state index >= 15 is 0 Å². The second-order valence-electron chi connectivity index (χ2n) is 7.16. The molecule has 1 heterocycles. The number of nitriles is 1. The van der Waals surface area contributed by atoms with Gasteiger partial charge in [-0.1, -0.05) is 42.0 Å². The summed E-state index contributed by atoms with van der Waals surface area (Å²) in [7, 11) is 0. The number of hydrogen-bond donors (Lipinski definition) is 0. The van der Waals surface area contributed by atoms with Gasteiger partial charge in [0.1, 0.15) is 6.07 Å². The molecule has 4 heteroatoms. The summed E-state index contributed by atoms with van der Waals surface area (Å²) in [6, 6.07) is 17.3. The van der Waals surface area contributed by atoms with Crippen molar-refractivity contribution >= 4 is 17.4 Å². The molecular weight excluding hydrogens is 336 g/mol. The number of allylic oxidation sites excluding steroid dienone is 2. The summed E-state index contributed by atoms with van der Waals surface area (Å²) in [4.78, 5) is 27.6. The van der Waals surface area contributed by atoms with Gasteiger partial charge in [-0.25, -0.2) is 0 Å². The van der Waals surface area contributed by atoms with Crippen LogP contribution >= 0.6 is 0 Å². The summed E-state index contributed by atoms with van der Waals surface area (Å²) in [5.41, 5.74) is 4.70. The smallest absolute Gasteiger partial charge is 0.232 e. The first-order valence-corrected chi connectivity index (χ1v) is 9.25. The Balaban J connectivity index is 1.89. The molecule has 4 rings (SSSR count). The van der Waals surface area contributed by atoms with Gasteiger partial charge in [0.15, 0.2) is 5.78 Å². The zero-order valence-corrected chi connectivity index (χ0v) is 15.2. The van der Waals surface area contributed by atoms with Crippen LogP contribution in [0.2, 0.25) is 0 Å². The zero-order chi connectivity index (χ0) is 19.0. The highest BCUT2D eigenvalue weighted by molar-refractivity contribution is 6.08. The van der Waals surface area contributed by atoms with Crippen LogP contribution in [0.3, 0.4) is 0 Å². The second kappa shape index (κ2) is 6.85. The number of amides is 1. The van der Waals surface area contributed by atoms with E-state index in [-0.39, 0.29) is 24.0 Å². The fourth-order valence-electron chi connectivity index (χ4n) is 4.12. The highest BCUT2D eigenvalue weighted by Gasteiger charge is 2.40. The molecule has 0 saturated carbocycles. The number of nitrogens with zero attached hydrogens (tertiary/aromatic N) is 2. The summed E-state index contributed by atoms with van der Waals surface area (Å²) in [5.74, 6) is -0.142. The number of rotatable bonds is 2. The van der Waals surface area contributed by atoms with E-state index in [1.807, 2.05) is 37.3 Å². The number of aryl methyl sites for hydroxylation is 1. The SMILES string of the molecule is Cc1ccc(C2CC(=O)N(c3ccccc3C#N)C3=C2C(=O)CCC3)cc1. The maximum Gasteiger partial charge on any atom is 0.232 e. The third-order valence-electron chi connectivity index (χ3n) is 5.42. The van der Waals surface area contributed by atoms with Crippen molar-refractivity contribution < 1.29 is 9.59 Å². The quantitative estimate of drug-likeness (QED) is 0.801. The predicted octanol–water partition coefficient (Wildman–Crippen LogP) is 4.39. The van der Waals surface area contributed by atoms with E-state index in [1.165, 1.54) is 0 Å². The third-order valence-corrected chi connectivity index (χ3v) is 5.42. The number of Topliss-reactive ketones (excluding diaryl/α,β-unsaturated/α-hetero) is 1. The van der Waals surface area contributed by atoms with E-state index in [2.05, 4.69) is 6.07 Å². The molecule has 0 N–H and O–H groups in total. The molecule has 1 atom stereocenters. The average molecular weight is 356 g/mol. The van der Waals surface area contributed by atoms with Crippen LogP contribution in [0.15, 0.2) is 59.8 Å². The van der Waals surface area contributed by atoms with E-state index < -0.39 is 0 Å². The number of anilines is 1. The van der Waals surface area contributed by atoms with E-state index in [9.17, 15) is 14.9 Å². The van der Waals surface area contributed by atoms with Crippen molar-refractivity contribution in [1.29, 1.82) is 5.26 Å². The molecule has 4 nitrogen and oxygen atoms in total. The van der Waals surface area contributed by atoms with Crippen LogP contribution in [-0.2, 0) is 9.59 Å². The van der Waals surface area contributed by atoms with Gasteiger partial charge in [0.2, 0.25) is 5.91 Å². The maximum absolute atomic E-state index is 13.1. The normalized spacial score (nSPS) is 19.7. The second-order valence-corrected chi connectivity index (χ2v) is 7.16. The maximum atomic E-state index is 13.1. The lowest BCUT2D eigenvalue weighted by molar-refractivity contribution is -0.119. The Labute approximate surface area is 158 Å². The summed E-state index contributed by atoms with van der Waals surface area (Å²) in [5, 5.41) is 9.47. The Morgan fingerprint density at radius 2 is 1.78 bits per heavy atom. The lowest BCUT2D eigenvalue weighted by Gasteiger charge is -2.38. The predicted molar refractivity (Wildman–Crippen MR) is 103 cm³/mol. The van der Waals surface area contributed by atoms with E-state index in [0.717, 1.165) is 28.8 Å². The van der Waals surface area contributed by atoms with E-state index in [0.29, 0.717) is 24.1 Å². The van der Waals surface area contributed by atoms with Crippen LogP contribution in [0.25, 0.3) is 0 Å². The molecular formula is C23H20N2O2. The van der Waals surface area contributed by atoms with Gasteiger partial charge < -0.3 is 0 Å². The highest BCUT2D eigenvalue weighted by Crippen LogP contribution is 2.43. The molecule has 134 valence electrons. The molecule has 0 spiro atoms. The molecule has 2 aliphatic rings. The van der Waals surface area contributed by atoms with Gasteiger partial charge in [0, 0.05) is 30.0 Å². The molecule has 1 unspecified atom stereocenters. The topological polar surface area (TPSA) is 61.2 Å². The summed E-state index contributed by atoms with van der Waals surface area (Å²) < 4.78 is 0. The van der Waals surface area contributed by atoms with Crippen LogP contribution in [0.4, 0.5) is 5.69 Å². The molecule has 2 aromatic rings. The molecule has 27 heavy (non-hydrogen) atoms. The molecule has 0 aromatic heterocycles. The molecule has 1 aliphatic carbocycles. The first-order chi connectivity index (χ1) is 13.1. The van der Waals surface area contributed by atoms with Crippen molar-refractivity contribution in [1.82, 2.24) is 0 Å². The summed E-state index contributed by atoms with van der Waals surface area (Å²) in [6.45, 7) is 2.02. The lowest BCUT2D eigenvalue weighted by atomic mass is 9.77. The van der Waals surface area contributed by atoms with Gasteiger partial charge in [-0.05, 0) is 37.5 Å². The monoisotopic (exact) mass is 356 g/mol. The number of carbonyl (C=O) groups excluding carboxylic acids is 2. The van der Waals surface area contributed by atoms with Gasteiger partial charge in [0.05, 0.1) is 11.3 Å². The Hall–Kier alpha value is -3.19. The number of para-hydroxylation sites is 1. The molecule has 2 aromatic carbocycles. The number of ketones is 1. The zero-order valence-electron chi connectivity index (χ0n) is 15.2. The highest BCUT2D eigenvalue weighted by atomic mass is 16.2. The van der Waals surface area contributed by atoms with E-state index in [4.69, 9.17) is 0 Å². The Morgan fingerprint density at radius 1 is 1.04 bits per heavy atom. The Kier molecular flexibility index (Phi) is 4.37. The van der Waals surface area contributed by atoms with Crippen molar-refractivity contribution in [2.45, 2.75) is 38.5 Å². The van der Waals surface area contributed by atoms with Crippen molar-refractivity contribution in [2.75, 3.05) is 4.90 Å². The van der Waals surface area contributed by atoms with Gasteiger partial charge in [-0.2, -0.15) is 5.26 Å².